The maximum absolute atomic E-state index is 11.8. The largest absolute Gasteiger partial charge is 0.492 e. The Morgan fingerprint density at radius 1 is 1.23 bits per heavy atom. The quantitative estimate of drug-likeness (QED) is 0.457. The zero-order chi connectivity index (χ0) is 21.5. The van der Waals surface area contributed by atoms with Gasteiger partial charge in [-0.3, -0.25) is 9.69 Å². The van der Waals surface area contributed by atoms with Crippen LogP contribution < -0.4 is 0 Å². The summed E-state index contributed by atoms with van der Waals surface area (Å²) in [4.78, 5) is 21.8. The molecular weight excluding hydrogens is 482 g/mol. The number of aromatic hydroxyl groups is 1. The molecule has 0 spiro atoms. The van der Waals surface area contributed by atoms with E-state index >= 15 is 0 Å². The number of hydrogen-bond acceptors (Lipinski definition) is 7. The molecule has 0 unspecified atom stereocenters. The number of halogens is 1. The van der Waals surface area contributed by atoms with E-state index < -0.39 is 0 Å². The standard InChI is InChI=1S/C21H20BrN5O3S/c1-13(28)25-7-9-26(10-8-25)17(14-4-2-5-15(22)12-14)18-20(29)27-21(31-18)23-19(24-27)16-6-3-11-30-16/h2-6,11-12,17,29H,7-10H2,1H3/t17-/m0/s1. The zero-order valence-electron chi connectivity index (χ0n) is 16.7. The van der Waals surface area contributed by atoms with Gasteiger partial charge in [-0.05, 0) is 29.8 Å². The number of thiazole rings is 1. The van der Waals surface area contributed by atoms with Crippen molar-refractivity contribution in [3.8, 4) is 17.5 Å². The number of piperazine rings is 1. The highest BCUT2D eigenvalue weighted by Gasteiger charge is 2.32. The average Bonchev–Trinajstić information content (AvgIpc) is 3.48. The Morgan fingerprint density at radius 2 is 2.03 bits per heavy atom. The Labute approximate surface area is 190 Å². The maximum Gasteiger partial charge on any atom is 0.230 e. The second kappa shape index (κ2) is 8.10. The van der Waals surface area contributed by atoms with E-state index in [-0.39, 0.29) is 17.8 Å². The van der Waals surface area contributed by atoms with Gasteiger partial charge in [-0.25, -0.2) is 0 Å². The van der Waals surface area contributed by atoms with E-state index in [1.54, 1.807) is 25.3 Å². The molecule has 0 bridgehead atoms. The summed E-state index contributed by atoms with van der Waals surface area (Å²) < 4.78 is 7.82. The van der Waals surface area contributed by atoms with Crippen LogP contribution in [0.25, 0.3) is 16.5 Å². The highest BCUT2D eigenvalue weighted by molar-refractivity contribution is 9.10. The van der Waals surface area contributed by atoms with E-state index in [0.717, 1.165) is 14.9 Å². The molecule has 10 heteroatoms. The van der Waals surface area contributed by atoms with E-state index in [4.69, 9.17) is 4.42 Å². The molecule has 1 aliphatic rings. The normalized spacial score (nSPS) is 16.1. The SMILES string of the molecule is CC(=O)N1CCN([C@@H](c2cccc(Br)c2)c2sc3nc(-c4ccco4)nn3c2O)CC1. The number of nitrogens with zero attached hydrogens (tertiary/aromatic N) is 5. The minimum Gasteiger partial charge on any atom is -0.492 e. The molecule has 0 saturated carbocycles. The van der Waals surface area contributed by atoms with Crippen molar-refractivity contribution < 1.29 is 14.3 Å². The predicted molar refractivity (Wildman–Crippen MR) is 120 cm³/mol. The molecule has 1 saturated heterocycles. The van der Waals surface area contributed by atoms with Gasteiger partial charge >= 0.3 is 0 Å². The van der Waals surface area contributed by atoms with Crippen LogP contribution in [0.1, 0.15) is 23.4 Å². The first-order valence-corrected chi connectivity index (χ1v) is 11.5. The van der Waals surface area contributed by atoms with Crippen LogP contribution in [0, 0.1) is 0 Å². The Kier molecular flexibility index (Phi) is 5.28. The third-order valence-corrected chi connectivity index (χ3v) is 7.04. The lowest BCUT2D eigenvalue weighted by atomic mass is 10.0. The summed E-state index contributed by atoms with van der Waals surface area (Å²) in [6.45, 7) is 4.33. The van der Waals surface area contributed by atoms with E-state index in [0.29, 0.717) is 42.7 Å². The summed E-state index contributed by atoms with van der Waals surface area (Å²) >= 11 is 4.97. The van der Waals surface area contributed by atoms with Gasteiger partial charge in [0, 0.05) is 37.6 Å². The van der Waals surface area contributed by atoms with Gasteiger partial charge in [0.2, 0.25) is 22.6 Å². The van der Waals surface area contributed by atoms with Crippen LogP contribution in [0.5, 0.6) is 5.88 Å². The molecule has 1 atom stereocenters. The number of hydrogen-bond donors (Lipinski definition) is 1. The van der Waals surface area contributed by atoms with Gasteiger partial charge in [0.25, 0.3) is 0 Å². The Bertz CT molecular complexity index is 1230. The lowest BCUT2D eigenvalue weighted by molar-refractivity contribution is -0.130. The molecule has 0 aliphatic carbocycles. The van der Waals surface area contributed by atoms with E-state index in [2.05, 4.69) is 43.0 Å². The van der Waals surface area contributed by atoms with Gasteiger partial charge in [-0.1, -0.05) is 39.4 Å². The summed E-state index contributed by atoms with van der Waals surface area (Å²) in [6, 6.07) is 11.5. The minimum absolute atomic E-state index is 0.0734. The summed E-state index contributed by atoms with van der Waals surface area (Å²) in [7, 11) is 0. The molecule has 4 aromatic rings. The molecule has 8 nitrogen and oxygen atoms in total. The molecule has 4 heterocycles. The second-order valence-electron chi connectivity index (χ2n) is 7.40. The van der Waals surface area contributed by atoms with Crippen molar-refractivity contribution in [1.29, 1.82) is 0 Å². The number of carbonyl (C=O) groups is 1. The fourth-order valence-electron chi connectivity index (χ4n) is 3.94. The Balaban J connectivity index is 1.55. The Hall–Kier alpha value is -2.69. The fourth-order valence-corrected chi connectivity index (χ4v) is 5.47. The molecule has 1 aromatic carbocycles. The fraction of sp³-hybridized carbons (Fsp3) is 0.286. The smallest absolute Gasteiger partial charge is 0.230 e. The van der Waals surface area contributed by atoms with Gasteiger partial charge in [0.05, 0.1) is 17.2 Å². The van der Waals surface area contributed by atoms with E-state index in [1.165, 1.54) is 15.9 Å². The number of carbonyl (C=O) groups excluding carboxylic acids is 1. The van der Waals surface area contributed by atoms with Crippen molar-refractivity contribution in [2.45, 2.75) is 13.0 Å². The predicted octanol–water partition coefficient (Wildman–Crippen LogP) is 3.77. The van der Waals surface area contributed by atoms with Gasteiger partial charge in [0.15, 0.2) is 5.76 Å². The van der Waals surface area contributed by atoms with Crippen molar-refractivity contribution in [3.05, 3.63) is 57.6 Å². The third kappa shape index (κ3) is 3.75. The summed E-state index contributed by atoms with van der Waals surface area (Å²) in [5.74, 6) is 1.16. The van der Waals surface area contributed by atoms with Crippen LogP contribution in [0.4, 0.5) is 0 Å². The highest BCUT2D eigenvalue weighted by atomic mass is 79.9. The number of aromatic nitrogens is 3. The van der Waals surface area contributed by atoms with Gasteiger partial charge < -0.3 is 14.4 Å². The first kappa shape index (κ1) is 20.2. The van der Waals surface area contributed by atoms with Crippen LogP contribution in [0.15, 0.2) is 51.6 Å². The summed E-state index contributed by atoms with van der Waals surface area (Å²) in [5.41, 5.74) is 1.05. The first-order valence-electron chi connectivity index (χ1n) is 9.88. The number of fused-ring (bicyclic) bond motifs is 1. The average molecular weight is 502 g/mol. The zero-order valence-corrected chi connectivity index (χ0v) is 19.1. The van der Waals surface area contributed by atoms with Crippen LogP contribution in [-0.4, -0.2) is 61.6 Å². The highest BCUT2D eigenvalue weighted by Crippen LogP contribution is 2.41. The molecule has 160 valence electrons. The molecule has 1 N–H and O–H groups in total. The van der Waals surface area contributed by atoms with Crippen LogP contribution >= 0.6 is 27.3 Å². The lowest BCUT2D eigenvalue weighted by Gasteiger charge is -2.38. The van der Waals surface area contributed by atoms with Gasteiger partial charge in [0.1, 0.15) is 0 Å². The monoisotopic (exact) mass is 501 g/mol. The minimum atomic E-state index is -0.174. The van der Waals surface area contributed by atoms with Crippen molar-refractivity contribution in [1.82, 2.24) is 24.4 Å². The molecule has 0 radical (unpaired) electrons. The molecule has 5 rings (SSSR count). The molecular formula is C21H20BrN5O3S. The topological polar surface area (TPSA) is 87.1 Å². The molecule has 3 aromatic heterocycles. The number of amides is 1. The lowest BCUT2D eigenvalue weighted by Crippen LogP contribution is -2.49. The summed E-state index contributed by atoms with van der Waals surface area (Å²) in [5, 5.41) is 15.6. The van der Waals surface area contributed by atoms with Gasteiger partial charge in [-0.15, -0.1) is 5.10 Å². The number of rotatable bonds is 4. The third-order valence-electron chi connectivity index (χ3n) is 5.48. The van der Waals surface area contributed by atoms with E-state index in [1.807, 2.05) is 17.0 Å². The van der Waals surface area contributed by atoms with Crippen molar-refractivity contribution in [2.75, 3.05) is 26.2 Å². The van der Waals surface area contributed by atoms with Crippen molar-refractivity contribution in [3.63, 3.8) is 0 Å². The molecule has 1 fully saturated rings. The summed E-state index contributed by atoms with van der Waals surface area (Å²) in [6.07, 6.45) is 1.57. The number of benzene rings is 1. The second-order valence-corrected chi connectivity index (χ2v) is 9.32. The van der Waals surface area contributed by atoms with Crippen LogP contribution in [0.3, 0.4) is 0 Å². The molecule has 1 amide bonds. The molecule has 31 heavy (non-hydrogen) atoms. The Morgan fingerprint density at radius 3 is 2.68 bits per heavy atom. The number of furan rings is 1. The van der Waals surface area contributed by atoms with Crippen molar-refractivity contribution in [2.24, 2.45) is 0 Å². The van der Waals surface area contributed by atoms with E-state index in [9.17, 15) is 9.90 Å². The van der Waals surface area contributed by atoms with Crippen LogP contribution in [0.2, 0.25) is 0 Å². The van der Waals surface area contributed by atoms with Gasteiger partial charge in [-0.2, -0.15) is 9.50 Å². The van der Waals surface area contributed by atoms with Crippen molar-refractivity contribution >= 4 is 38.1 Å². The first-order chi connectivity index (χ1) is 15.0. The maximum atomic E-state index is 11.8. The van der Waals surface area contributed by atoms with Crippen LogP contribution in [-0.2, 0) is 4.79 Å². The molecule has 1 aliphatic heterocycles.